The van der Waals surface area contributed by atoms with Gasteiger partial charge in [0.05, 0.1) is 12.5 Å². The van der Waals surface area contributed by atoms with E-state index in [1.807, 2.05) is 13.8 Å². The fraction of sp³-hybridized carbons (Fsp3) is 0.867. The monoisotopic (exact) mass is 290 g/mol. The highest BCUT2D eigenvalue weighted by Gasteiger charge is 2.12. The van der Waals surface area contributed by atoms with Gasteiger partial charge in [-0.15, -0.1) is 0 Å². The second-order valence-electron chi connectivity index (χ2n) is 5.02. The second-order valence-corrected chi connectivity index (χ2v) is 5.44. The van der Waals surface area contributed by atoms with Crippen LogP contribution in [0.4, 0.5) is 0 Å². The molecule has 0 aliphatic rings. The molecule has 19 heavy (non-hydrogen) atoms. The van der Waals surface area contributed by atoms with Crippen LogP contribution in [0.1, 0.15) is 71.6 Å². The highest BCUT2D eigenvalue weighted by Crippen LogP contribution is 2.14. The maximum absolute atomic E-state index is 11.4. The molecule has 0 fully saturated rings. The molecular weight excluding hydrogens is 264 g/mol. The first kappa shape index (κ1) is 18.4. The van der Waals surface area contributed by atoms with E-state index in [-0.39, 0.29) is 17.1 Å². The molecule has 0 spiro atoms. The molecule has 112 valence electrons. The Morgan fingerprint density at radius 2 is 1.53 bits per heavy atom. The molecule has 3 nitrogen and oxygen atoms in total. The second kappa shape index (κ2) is 12.5. The first-order valence-electron chi connectivity index (χ1n) is 7.42. The molecule has 0 unspecified atom stereocenters. The third kappa shape index (κ3) is 12.2. The predicted octanol–water partition coefficient (Wildman–Crippen LogP) is 4.46. The molecule has 0 amide bonds. The molecule has 0 N–H and O–H groups in total. The van der Waals surface area contributed by atoms with Crippen LogP contribution in [0.3, 0.4) is 0 Å². The smallest absolute Gasteiger partial charge is 0.308 e. The van der Waals surface area contributed by atoms with Gasteiger partial charge in [-0.2, -0.15) is 0 Å². The van der Waals surface area contributed by atoms with Crippen LogP contribution in [-0.2, 0) is 14.3 Å². The zero-order chi connectivity index (χ0) is 14.5. The lowest BCUT2D eigenvalue weighted by Gasteiger charge is -2.09. The Bertz CT molecular complexity index is 254. The molecule has 0 saturated carbocycles. The highest BCUT2D eigenvalue weighted by molar-refractivity contribution is 6.63. The van der Waals surface area contributed by atoms with E-state index in [1.54, 1.807) is 0 Å². The van der Waals surface area contributed by atoms with Gasteiger partial charge in [-0.1, -0.05) is 45.4 Å². The first-order chi connectivity index (χ1) is 9.07. The molecule has 0 aliphatic carbocycles. The van der Waals surface area contributed by atoms with E-state index < -0.39 is 0 Å². The molecular formula is C15H27ClO3. The number of unbranched alkanes of at least 4 members (excludes halogenated alkanes) is 6. The van der Waals surface area contributed by atoms with Crippen LogP contribution < -0.4 is 0 Å². The van der Waals surface area contributed by atoms with E-state index >= 15 is 0 Å². The average molecular weight is 291 g/mol. The van der Waals surface area contributed by atoms with Crippen molar-refractivity contribution in [1.82, 2.24) is 0 Å². The summed E-state index contributed by atoms with van der Waals surface area (Å²) < 4.78 is 4.97. The summed E-state index contributed by atoms with van der Waals surface area (Å²) in [7, 11) is 0. The van der Waals surface area contributed by atoms with E-state index in [4.69, 9.17) is 16.3 Å². The van der Waals surface area contributed by atoms with E-state index in [9.17, 15) is 9.59 Å². The summed E-state index contributed by atoms with van der Waals surface area (Å²) >= 11 is 5.26. The van der Waals surface area contributed by atoms with Gasteiger partial charge in [0, 0.05) is 6.42 Å². The van der Waals surface area contributed by atoms with E-state index in [0.29, 0.717) is 13.0 Å². The lowest BCUT2D eigenvalue weighted by Crippen LogP contribution is -2.14. The number of hydrogen-bond donors (Lipinski definition) is 0. The fourth-order valence-electron chi connectivity index (χ4n) is 2.00. The van der Waals surface area contributed by atoms with Gasteiger partial charge in [0.15, 0.2) is 0 Å². The van der Waals surface area contributed by atoms with Crippen molar-refractivity contribution in [2.24, 2.45) is 5.92 Å². The standard InChI is InChI=1S/C15H27ClO3/c1-3-19-15(18)13(2)11-9-7-5-4-6-8-10-12-14(16)17/h13H,3-12H2,1-2H3/t13-/m1/s1. The van der Waals surface area contributed by atoms with Crippen LogP contribution in [0, 0.1) is 5.92 Å². The van der Waals surface area contributed by atoms with Crippen LogP contribution in [0.2, 0.25) is 0 Å². The van der Waals surface area contributed by atoms with Crippen LogP contribution in [0.15, 0.2) is 0 Å². The summed E-state index contributed by atoms with van der Waals surface area (Å²) in [6, 6.07) is 0. The normalized spacial score (nSPS) is 12.2. The van der Waals surface area contributed by atoms with Gasteiger partial charge in [-0.3, -0.25) is 9.59 Å². The van der Waals surface area contributed by atoms with Gasteiger partial charge in [-0.25, -0.2) is 0 Å². The Balaban J connectivity index is 3.26. The summed E-state index contributed by atoms with van der Waals surface area (Å²) in [4.78, 5) is 21.9. The Morgan fingerprint density at radius 1 is 1.00 bits per heavy atom. The maximum atomic E-state index is 11.4. The molecule has 4 heteroatoms. The van der Waals surface area contributed by atoms with Crippen molar-refractivity contribution in [3.63, 3.8) is 0 Å². The Labute approximate surface area is 122 Å². The van der Waals surface area contributed by atoms with Crippen molar-refractivity contribution in [2.75, 3.05) is 6.61 Å². The number of halogens is 1. The maximum Gasteiger partial charge on any atom is 0.308 e. The quantitative estimate of drug-likeness (QED) is 0.303. The summed E-state index contributed by atoms with van der Waals surface area (Å²) in [5.74, 6) is -0.0528. The Hall–Kier alpha value is -0.570. The molecule has 0 aliphatic heterocycles. The predicted molar refractivity (Wildman–Crippen MR) is 78.2 cm³/mol. The zero-order valence-electron chi connectivity index (χ0n) is 12.3. The van der Waals surface area contributed by atoms with Crippen LogP contribution >= 0.6 is 11.6 Å². The molecule has 0 heterocycles. The van der Waals surface area contributed by atoms with Crippen LogP contribution in [0.25, 0.3) is 0 Å². The molecule has 0 aromatic heterocycles. The van der Waals surface area contributed by atoms with Crippen molar-refractivity contribution in [3.8, 4) is 0 Å². The van der Waals surface area contributed by atoms with Gasteiger partial charge in [0.1, 0.15) is 0 Å². The minimum absolute atomic E-state index is 0.0229. The fourth-order valence-corrected chi connectivity index (χ4v) is 2.13. The molecule has 0 radical (unpaired) electrons. The van der Waals surface area contributed by atoms with E-state index in [2.05, 4.69) is 0 Å². The minimum Gasteiger partial charge on any atom is -0.466 e. The van der Waals surface area contributed by atoms with Gasteiger partial charge in [0.2, 0.25) is 5.24 Å². The molecule has 1 atom stereocenters. The van der Waals surface area contributed by atoms with Crippen molar-refractivity contribution >= 4 is 22.8 Å². The van der Waals surface area contributed by atoms with Crippen molar-refractivity contribution in [1.29, 1.82) is 0 Å². The molecule has 0 aromatic rings. The summed E-state index contributed by atoms with van der Waals surface area (Å²) in [6.45, 7) is 4.23. The minimum atomic E-state index is -0.229. The van der Waals surface area contributed by atoms with Crippen molar-refractivity contribution in [2.45, 2.75) is 71.6 Å². The van der Waals surface area contributed by atoms with E-state index in [0.717, 1.165) is 38.5 Å². The molecule has 0 bridgehead atoms. The number of esters is 1. The number of rotatable bonds is 12. The SMILES string of the molecule is CCOC(=O)[C@H](C)CCCCCCCCCC(=O)Cl. The number of hydrogen-bond acceptors (Lipinski definition) is 3. The van der Waals surface area contributed by atoms with Gasteiger partial charge in [0.25, 0.3) is 0 Å². The highest BCUT2D eigenvalue weighted by atomic mass is 35.5. The number of carbonyl (C=O) groups is 2. The van der Waals surface area contributed by atoms with Crippen LogP contribution in [-0.4, -0.2) is 17.8 Å². The molecule has 0 aromatic carbocycles. The molecule has 0 saturated heterocycles. The van der Waals surface area contributed by atoms with Gasteiger partial charge < -0.3 is 4.74 Å². The number of ether oxygens (including phenoxy) is 1. The Kier molecular flexibility index (Phi) is 12.1. The van der Waals surface area contributed by atoms with Gasteiger partial charge in [-0.05, 0) is 31.4 Å². The third-order valence-corrected chi connectivity index (χ3v) is 3.39. The first-order valence-corrected chi connectivity index (χ1v) is 7.80. The summed E-state index contributed by atoms with van der Waals surface area (Å²) in [5, 5.41) is -0.229. The average Bonchev–Trinajstić information content (AvgIpc) is 2.36. The van der Waals surface area contributed by atoms with E-state index in [1.165, 1.54) is 12.8 Å². The largest absolute Gasteiger partial charge is 0.466 e. The van der Waals surface area contributed by atoms with Crippen LogP contribution in [0.5, 0.6) is 0 Å². The molecule has 0 rings (SSSR count). The zero-order valence-corrected chi connectivity index (χ0v) is 13.0. The van der Waals surface area contributed by atoms with Crippen molar-refractivity contribution < 1.29 is 14.3 Å². The summed E-state index contributed by atoms with van der Waals surface area (Å²) in [5.41, 5.74) is 0. The lowest BCUT2D eigenvalue weighted by atomic mass is 10.0. The Morgan fingerprint density at radius 3 is 2.05 bits per heavy atom. The number of carbonyl (C=O) groups excluding carboxylic acids is 2. The topological polar surface area (TPSA) is 43.4 Å². The van der Waals surface area contributed by atoms with Crippen molar-refractivity contribution in [3.05, 3.63) is 0 Å². The third-order valence-electron chi connectivity index (χ3n) is 3.20. The summed E-state index contributed by atoms with van der Waals surface area (Å²) in [6.07, 6.45) is 9.21. The lowest BCUT2D eigenvalue weighted by molar-refractivity contribution is -0.147. The van der Waals surface area contributed by atoms with Gasteiger partial charge >= 0.3 is 5.97 Å².